The van der Waals surface area contributed by atoms with Crippen molar-refractivity contribution in [3.05, 3.63) is 52.4 Å². The maximum absolute atomic E-state index is 12.1. The molecule has 0 aliphatic heterocycles. The second kappa shape index (κ2) is 3.73. The maximum atomic E-state index is 12.1. The highest BCUT2D eigenvalue weighted by atomic mass is 16.1. The van der Waals surface area contributed by atoms with E-state index in [1.807, 2.05) is 43.3 Å². The highest BCUT2D eigenvalue weighted by Crippen LogP contribution is 2.21. The van der Waals surface area contributed by atoms with Crippen LogP contribution < -0.4 is 11.4 Å². The smallest absolute Gasteiger partial charge is 0.297 e. The van der Waals surface area contributed by atoms with Gasteiger partial charge in [-0.2, -0.15) is 5.10 Å². The van der Waals surface area contributed by atoms with Gasteiger partial charge in [-0.25, -0.2) is 4.68 Å². The van der Waals surface area contributed by atoms with Crippen LogP contribution in [0.1, 0.15) is 5.69 Å². The molecule has 2 aromatic heterocycles. The molecule has 5 heteroatoms. The van der Waals surface area contributed by atoms with E-state index in [0.717, 1.165) is 21.3 Å². The number of aromatic amines is 1. The Labute approximate surface area is 103 Å². The number of fused-ring (bicyclic) bond motifs is 1. The molecular weight excluding hydrogens is 228 g/mol. The molecule has 90 valence electrons. The molecule has 3 rings (SSSR count). The van der Waals surface area contributed by atoms with Gasteiger partial charge in [0.15, 0.2) is 5.52 Å². The van der Waals surface area contributed by atoms with Crippen molar-refractivity contribution in [1.29, 1.82) is 0 Å². The molecule has 0 saturated carbocycles. The molecule has 0 amide bonds. The van der Waals surface area contributed by atoms with Gasteiger partial charge in [-0.1, -0.05) is 30.3 Å². The van der Waals surface area contributed by atoms with Gasteiger partial charge in [0.2, 0.25) is 0 Å². The number of nitrogen functional groups attached to an aromatic ring is 1. The summed E-state index contributed by atoms with van der Waals surface area (Å²) in [5.41, 5.74) is 2.52. The molecule has 0 bridgehead atoms. The van der Waals surface area contributed by atoms with E-state index in [1.165, 1.54) is 0 Å². The Kier molecular flexibility index (Phi) is 2.19. The number of nitrogens with two attached hydrogens (primary N) is 1. The van der Waals surface area contributed by atoms with E-state index in [4.69, 9.17) is 5.84 Å². The number of H-pyrrole nitrogens is 1. The number of pyridine rings is 1. The number of nitrogens with one attached hydrogen (secondary N) is 1. The Hall–Kier alpha value is -2.56. The Bertz CT molecular complexity index is 771. The van der Waals surface area contributed by atoms with Gasteiger partial charge in [-0.15, -0.1) is 0 Å². The summed E-state index contributed by atoms with van der Waals surface area (Å²) < 4.78 is 1.14. The first-order valence-electron chi connectivity index (χ1n) is 5.59. The lowest BCUT2D eigenvalue weighted by Crippen LogP contribution is -2.28. The van der Waals surface area contributed by atoms with E-state index < -0.39 is 0 Å². The van der Waals surface area contributed by atoms with Crippen molar-refractivity contribution < 1.29 is 0 Å². The molecule has 0 aliphatic rings. The van der Waals surface area contributed by atoms with Crippen LogP contribution in [0.25, 0.3) is 22.2 Å². The number of aromatic nitrogens is 3. The van der Waals surface area contributed by atoms with Crippen LogP contribution in [-0.2, 0) is 0 Å². The van der Waals surface area contributed by atoms with Crippen LogP contribution in [0.2, 0.25) is 0 Å². The summed E-state index contributed by atoms with van der Waals surface area (Å²) in [6.07, 6.45) is 0. The molecule has 0 atom stereocenters. The van der Waals surface area contributed by atoms with Crippen LogP contribution in [0.4, 0.5) is 0 Å². The van der Waals surface area contributed by atoms with Gasteiger partial charge >= 0.3 is 0 Å². The molecule has 0 unspecified atom stereocenters. The number of hydrogen-bond donors (Lipinski definition) is 2. The van der Waals surface area contributed by atoms with Crippen LogP contribution in [0.3, 0.4) is 0 Å². The normalized spacial score (nSPS) is 10.9. The van der Waals surface area contributed by atoms with E-state index in [0.29, 0.717) is 11.2 Å². The Morgan fingerprint density at radius 1 is 1.28 bits per heavy atom. The number of hydrogen-bond acceptors (Lipinski definition) is 3. The van der Waals surface area contributed by atoms with Crippen molar-refractivity contribution in [1.82, 2.24) is 14.9 Å². The molecule has 5 nitrogen and oxygen atoms in total. The maximum Gasteiger partial charge on any atom is 0.297 e. The van der Waals surface area contributed by atoms with Crippen molar-refractivity contribution in [3.63, 3.8) is 0 Å². The topological polar surface area (TPSA) is 76.7 Å². The van der Waals surface area contributed by atoms with Crippen LogP contribution in [0, 0.1) is 6.92 Å². The summed E-state index contributed by atoms with van der Waals surface area (Å²) in [5.74, 6) is 5.84. The summed E-state index contributed by atoms with van der Waals surface area (Å²) in [6, 6.07) is 11.5. The molecular formula is C13H12N4O. The minimum Gasteiger partial charge on any atom is -0.336 e. The zero-order valence-corrected chi connectivity index (χ0v) is 9.84. The fraction of sp³-hybridized carbons (Fsp3) is 0.0769. The standard InChI is InChI=1S/C13H12N4O/c1-8-10-7-11(9-5-3-2-4-6-9)17(14)13(18)12(10)16-15-8/h2-7H,14H2,1H3,(H,15,16). The Balaban J connectivity index is 2.40. The first kappa shape index (κ1) is 10.6. The van der Waals surface area contributed by atoms with E-state index in [2.05, 4.69) is 10.2 Å². The lowest BCUT2D eigenvalue weighted by Gasteiger charge is -2.07. The van der Waals surface area contributed by atoms with E-state index in [9.17, 15) is 4.79 Å². The van der Waals surface area contributed by atoms with Gasteiger partial charge < -0.3 is 5.84 Å². The molecule has 3 aromatic rings. The van der Waals surface area contributed by atoms with Gasteiger partial charge in [0.1, 0.15) is 0 Å². The lowest BCUT2D eigenvalue weighted by atomic mass is 10.1. The molecule has 18 heavy (non-hydrogen) atoms. The molecule has 2 heterocycles. The fourth-order valence-electron chi connectivity index (χ4n) is 2.04. The number of rotatable bonds is 1. The summed E-state index contributed by atoms with van der Waals surface area (Å²) in [7, 11) is 0. The average Bonchev–Trinajstić information content (AvgIpc) is 2.77. The van der Waals surface area contributed by atoms with Gasteiger partial charge in [-0.3, -0.25) is 9.89 Å². The minimum absolute atomic E-state index is 0.296. The molecule has 0 aliphatic carbocycles. The second-order valence-electron chi connectivity index (χ2n) is 4.18. The minimum atomic E-state index is -0.296. The highest BCUT2D eigenvalue weighted by molar-refractivity contribution is 5.84. The molecule has 3 N–H and O–H groups in total. The molecule has 0 fully saturated rings. The summed E-state index contributed by atoms with van der Waals surface area (Å²) >= 11 is 0. The Morgan fingerprint density at radius 3 is 2.72 bits per heavy atom. The fourth-order valence-corrected chi connectivity index (χ4v) is 2.04. The lowest BCUT2D eigenvalue weighted by molar-refractivity contribution is 0.953. The number of aryl methyl sites for hydroxylation is 1. The number of benzene rings is 1. The summed E-state index contributed by atoms with van der Waals surface area (Å²) in [6.45, 7) is 1.88. The van der Waals surface area contributed by atoms with Gasteiger partial charge in [0.05, 0.1) is 5.69 Å². The highest BCUT2D eigenvalue weighted by Gasteiger charge is 2.12. The van der Waals surface area contributed by atoms with Crippen LogP contribution in [0.5, 0.6) is 0 Å². The Morgan fingerprint density at radius 2 is 2.00 bits per heavy atom. The van der Waals surface area contributed by atoms with Crippen molar-refractivity contribution in [2.45, 2.75) is 6.92 Å². The van der Waals surface area contributed by atoms with Crippen LogP contribution >= 0.6 is 0 Å². The van der Waals surface area contributed by atoms with Gasteiger partial charge in [0.25, 0.3) is 5.56 Å². The zero-order chi connectivity index (χ0) is 12.7. The second-order valence-corrected chi connectivity index (χ2v) is 4.18. The van der Waals surface area contributed by atoms with Crippen LogP contribution in [-0.4, -0.2) is 14.9 Å². The monoisotopic (exact) mass is 240 g/mol. The van der Waals surface area contributed by atoms with Crippen LogP contribution in [0.15, 0.2) is 41.2 Å². The number of nitrogens with zero attached hydrogens (tertiary/aromatic N) is 2. The van der Waals surface area contributed by atoms with E-state index >= 15 is 0 Å². The summed E-state index contributed by atoms with van der Waals surface area (Å²) in [5, 5.41) is 7.59. The van der Waals surface area contributed by atoms with Crippen molar-refractivity contribution in [2.24, 2.45) is 0 Å². The first-order chi connectivity index (χ1) is 8.68. The largest absolute Gasteiger partial charge is 0.336 e. The zero-order valence-electron chi connectivity index (χ0n) is 9.84. The van der Waals surface area contributed by atoms with Crippen molar-refractivity contribution >= 4 is 10.9 Å². The molecule has 0 spiro atoms. The van der Waals surface area contributed by atoms with Crippen molar-refractivity contribution in [3.8, 4) is 11.3 Å². The third kappa shape index (κ3) is 1.41. The average molecular weight is 240 g/mol. The SMILES string of the molecule is Cc1[nH]nc2c(=O)n(N)c(-c3ccccc3)cc12. The first-order valence-corrected chi connectivity index (χ1v) is 5.59. The predicted molar refractivity (Wildman–Crippen MR) is 70.7 cm³/mol. The molecule has 0 radical (unpaired) electrons. The van der Waals surface area contributed by atoms with E-state index in [1.54, 1.807) is 0 Å². The van der Waals surface area contributed by atoms with Gasteiger partial charge in [0, 0.05) is 16.6 Å². The molecule has 1 aromatic carbocycles. The third-order valence-corrected chi connectivity index (χ3v) is 3.03. The summed E-state index contributed by atoms with van der Waals surface area (Å²) in [4.78, 5) is 12.1. The predicted octanol–water partition coefficient (Wildman–Crippen LogP) is 1.41. The quantitative estimate of drug-likeness (QED) is 0.631. The van der Waals surface area contributed by atoms with Gasteiger partial charge in [-0.05, 0) is 13.0 Å². The van der Waals surface area contributed by atoms with E-state index in [-0.39, 0.29) is 5.56 Å². The molecule has 0 saturated heterocycles. The third-order valence-electron chi connectivity index (χ3n) is 3.03. The van der Waals surface area contributed by atoms with Crippen molar-refractivity contribution in [2.75, 3.05) is 5.84 Å².